The summed E-state index contributed by atoms with van der Waals surface area (Å²) in [7, 11) is -2.25. The largest absolute Gasteiger partial charge is 0.337 e. The van der Waals surface area contributed by atoms with Crippen molar-refractivity contribution in [1.29, 1.82) is 0 Å². The Morgan fingerprint density at radius 1 is 1.21 bits per heavy atom. The van der Waals surface area contributed by atoms with Gasteiger partial charge in [-0.05, 0) is 50.2 Å². The van der Waals surface area contributed by atoms with Gasteiger partial charge in [-0.2, -0.15) is 4.31 Å². The summed E-state index contributed by atoms with van der Waals surface area (Å²) >= 11 is 0. The van der Waals surface area contributed by atoms with Crippen molar-refractivity contribution < 1.29 is 17.6 Å². The molecule has 1 saturated heterocycles. The van der Waals surface area contributed by atoms with Crippen molar-refractivity contribution in [3.63, 3.8) is 0 Å². The number of likely N-dealkylation sites (N-methyl/N-ethyl adjacent to an activating group) is 1. The van der Waals surface area contributed by atoms with Crippen LogP contribution in [0.15, 0.2) is 59.5 Å². The van der Waals surface area contributed by atoms with Gasteiger partial charge in [0.15, 0.2) is 0 Å². The lowest BCUT2D eigenvalue weighted by atomic mass is 10.1. The molecule has 1 fully saturated rings. The van der Waals surface area contributed by atoms with E-state index in [4.69, 9.17) is 0 Å². The molecule has 2 amide bonds. The number of sulfonamides is 1. The topological polar surface area (TPSA) is 94.6 Å². The molecule has 2 heterocycles. The number of aromatic nitrogens is 1. The normalized spacial score (nSPS) is 16.8. The number of fused-ring (bicyclic) bond motifs is 1. The van der Waals surface area contributed by atoms with Crippen LogP contribution in [0.4, 0.5) is 14.9 Å². The molecule has 1 aliphatic rings. The van der Waals surface area contributed by atoms with Gasteiger partial charge < -0.3 is 10.6 Å². The predicted molar refractivity (Wildman–Crippen MR) is 130 cm³/mol. The summed E-state index contributed by atoms with van der Waals surface area (Å²) in [6.45, 7) is 4.15. The first-order valence-corrected chi connectivity index (χ1v) is 12.6. The number of urea groups is 1. The Morgan fingerprint density at radius 2 is 2.00 bits per heavy atom. The van der Waals surface area contributed by atoms with Gasteiger partial charge in [0, 0.05) is 43.8 Å². The smallest absolute Gasteiger partial charge is 0.319 e. The highest BCUT2D eigenvalue weighted by Gasteiger charge is 2.33. The van der Waals surface area contributed by atoms with Crippen molar-refractivity contribution in [3.8, 4) is 0 Å². The summed E-state index contributed by atoms with van der Waals surface area (Å²) in [5.74, 6) is -0.582. The Morgan fingerprint density at radius 3 is 2.79 bits per heavy atom. The quantitative estimate of drug-likeness (QED) is 0.536. The monoisotopic (exact) mass is 485 g/mol. The van der Waals surface area contributed by atoms with Crippen LogP contribution in [0.25, 0.3) is 10.9 Å². The highest BCUT2D eigenvalue weighted by atomic mass is 32.2. The molecule has 8 nitrogen and oxygen atoms in total. The first-order valence-electron chi connectivity index (χ1n) is 11.1. The molecule has 2 N–H and O–H groups in total. The molecule has 1 unspecified atom stereocenters. The number of pyridine rings is 1. The fourth-order valence-electron chi connectivity index (χ4n) is 4.21. The van der Waals surface area contributed by atoms with Gasteiger partial charge in [-0.1, -0.05) is 24.3 Å². The Kier molecular flexibility index (Phi) is 7.11. The zero-order valence-corrected chi connectivity index (χ0v) is 20.0. The number of nitrogens with zero attached hydrogens (tertiary/aromatic N) is 3. The number of rotatable bonds is 7. The van der Waals surface area contributed by atoms with Gasteiger partial charge in [-0.15, -0.1) is 0 Å². The average molecular weight is 486 g/mol. The van der Waals surface area contributed by atoms with E-state index in [2.05, 4.69) is 20.5 Å². The first-order chi connectivity index (χ1) is 16.2. The van der Waals surface area contributed by atoms with Gasteiger partial charge in [0.05, 0.1) is 16.1 Å². The number of nitrogens with one attached hydrogen (secondary N) is 2. The van der Waals surface area contributed by atoms with Crippen LogP contribution in [0.1, 0.15) is 12.1 Å². The maximum atomic E-state index is 13.5. The number of carbonyl (C=O) groups excluding carboxylic acids is 1. The molecule has 0 radical (unpaired) electrons. The third-order valence-corrected chi connectivity index (χ3v) is 7.95. The van der Waals surface area contributed by atoms with Gasteiger partial charge in [-0.25, -0.2) is 17.6 Å². The standard InChI is InChI=1S/C24H28FN5O3S/c1-17-14-23(21-8-3-4-9-22(21)27-17)28-24(31)26-11-13-30-12-10-19(16-30)29(2)34(32,33)20-7-5-6-18(25)15-20/h3-9,14-15,19H,10-13,16H2,1-2H3,(H2,26,27,28,31). The Bertz CT molecular complexity index is 1300. The molecule has 3 aromatic rings. The second kappa shape index (κ2) is 10.0. The van der Waals surface area contributed by atoms with Crippen LogP contribution < -0.4 is 10.6 Å². The fraction of sp³-hybridized carbons (Fsp3) is 0.333. The molecule has 4 rings (SSSR count). The van der Waals surface area contributed by atoms with E-state index in [0.717, 1.165) is 22.7 Å². The van der Waals surface area contributed by atoms with Crippen molar-refractivity contribution >= 4 is 32.6 Å². The van der Waals surface area contributed by atoms with Crippen LogP contribution in [0.2, 0.25) is 0 Å². The van der Waals surface area contributed by atoms with Crippen LogP contribution in [-0.2, 0) is 10.0 Å². The summed E-state index contributed by atoms with van der Waals surface area (Å²) in [6, 6.07) is 14.0. The molecule has 0 aliphatic carbocycles. The fourth-order valence-corrected chi connectivity index (χ4v) is 5.62. The molecular formula is C24H28FN5O3S. The number of benzene rings is 2. The van der Waals surface area contributed by atoms with Crippen LogP contribution >= 0.6 is 0 Å². The van der Waals surface area contributed by atoms with Crippen LogP contribution in [0.3, 0.4) is 0 Å². The Hall–Kier alpha value is -3.08. The lowest BCUT2D eigenvalue weighted by Crippen LogP contribution is -2.40. The van der Waals surface area contributed by atoms with Crippen molar-refractivity contribution in [2.24, 2.45) is 0 Å². The SMILES string of the molecule is Cc1cc(NC(=O)NCCN2CCC(N(C)S(=O)(=O)c3cccc(F)c3)C2)c2ccccc2n1. The van der Waals surface area contributed by atoms with Gasteiger partial charge in [0.2, 0.25) is 10.0 Å². The van der Waals surface area contributed by atoms with Crippen LogP contribution in [-0.4, -0.2) is 67.9 Å². The third-order valence-electron chi connectivity index (χ3n) is 6.04. The maximum Gasteiger partial charge on any atom is 0.319 e. The van der Waals surface area contributed by atoms with E-state index in [0.29, 0.717) is 38.3 Å². The second-order valence-electron chi connectivity index (χ2n) is 8.43. The molecule has 1 aliphatic heterocycles. The molecule has 10 heteroatoms. The molecule has 0 spiro atoms. The van der Waals surface area contributed by atoms with Gasteiger partial charge in [0.1, 0.15) is 5.82 Å². The number of aryl methyl sites for hydroxylation is 1. The van der Waals surface area contributed by atoms with E-state index in [1.54, 1.807) is 0 Å². The van der Waals surface area contributed by atoms with E-state index in [1.807, 2.05) is 37.3 Å². The van der Waals surface area contributed by atoms with E-state index in [-0.39, 0.29) is 17.0 Å². The number of amides is 2. The highest BCUT2D eigenvalue weighted by Crippen LogP contribution is 2.24. The summed E-state index contributed by atoms with van der Waals surface area (Å²) in [4.78, 5) is 19.0. The first kappa shape index (κ1) is 24.1. The number of hydrogen-bond acceptors (Lipinski definition) is 5. The number of carbonyl (C=O) groups is 1. The number of hydrogen-bond donors (Lipinski definition) is 2. The van der Waals surface area contributed by atoms with E-state index in [9.17, 15) is 17.6 Å². The summed E-state index contributed by atoms with van der Waals surface area (Å²) < 4.78 is 40.5. The summed E-state index contributed by atoms with van der Waals surface area (Å²) in [5, 5.41) is 6.63. The van der Waals surface area contributed by atoms with E-state index in [1.165, 1.54) is 29.6 Å². The van der Waals surface area contributed by atoms with Crippen molar-refractivity contribution in [1.82, 2.24) is 19.5 Å². The van der Waals surface area contributed by atoms with Crippen LogP contribution in [0, 0.1) is 12.7 Å². The number of halogens is 1. The lowest BCUT2D eigenvalue weighted by molar-refractivity contribution is 0.248. The number of anilines is 1. The van der Waals surface area contributed by atoms with Gasteiger partial charge in [-0.3, -0.25) is 9.88 Å². The van der Waals surface area contributed by atoms with Crippen molar-refractivity contribution in [2.45, 2.75) is 24.3 Å². The Balaban J connectivity index is 1.28. The molecule has 1 aromatic heterocycles. The maximum absolute atomic E-state index is 13.5. The molecule has 1 atom stereocenters. The van der Waals surface area contributed by atoms with Crippen molar-refractivity contribution in [3.05, 3.63) is 66.1 Å². The van der Waals surface area contributed by atoms with Gasteiger partial charge >= 0.3 is 6.03 Å². The molecule has 180 valence electrons. The minimum absolute atomic E-state index is 0.0503. The minimum Gasteiger partial charge on any atom is -0.337 e. The third kappa shape index (κ3) is 5.35. The predicted octanol–water partition coefficient (Wildman–Crippen LogP) is 3.20. The van der Waals surface area contributed by atoms with Crippen LogP contribution in [0.5, 0.6) is 0 Å². The van der Waals surface area contributed by atoms with E-state index >= 15 is 0 Å². The number of para-hydroxylation sites is 1. The molecule has 0 bridgehead atoms. The second-order valence-corrected chi connectivity index (χ2v) is 10.4. The Labute approximate surface area is 198 Å². The molecule has 34 heavy (non-hydrogen) atoms. The highest BCUT2D eigenvalue weighted by molar-refractivity contribution is 7.89. The van der Waals surface area contributed by atoms with Gasteiger partial charge in [0.25, 0.3) is 0 Å². The summed E-state index contributed by atoms with van der Waals surface area (Å²) in [6.07, 6.45) is 0.666. The molecular weight excluding hydrogens is 457 g/mol. The lowest BCUT2D eigenvalue weighted by Gasteiger charge is -2.24. The molecule has 0 saturated carbocycles. The zero-order chi connectivity index (χ0) is 24.3. The van der Waals surface area contributed by atoms with E-state index < -0.39 is 15.8 Å². The minimum atomic E-state index is -3.78. The van der Waals surface area contributed by atoms with Crippen molar-refractivity contribution in [2.75, 3.05) is 38.5 Å². The summed E-state index contributed by atoms with van der Waals surface area (Å²) in [5.41, 5.74) is 2.33. The average Bonchev–Trinajstić information content (AvgIpc) is 3.27. The number of likely N-dealkylation sites (tertiary alicyclic amines) is 1. The zero-order valence-electron chi connectivity index (χ0n) is 19.2. The molecule has 2 aromatic carbocycles.